The monoisotopic (exact) mass is 886 g/mol. The van der Waals surface area contributed by atoms with Crippen LogP contribution >= 0.6 is 0 Å². The first kappa shape index (κ1) is 51.7. The average molecular weight is 886 g/mol. The van der Waals surface area contributed by atoms with Crippen LogP contribution in [0.2, 0.25) is 0 Å². The number of aromatic nitrogens is 3. The SMILES string of the molecule is C=C(C)C(=O)OCCOC(=O)CCC1(C)CC(n2c(=O)n(C3CC(C)(C)CC(C)(CCC(=O)OCC)C3)c(=O)n(C3CC(C)(C)CC(C)(CCC(=O)OCC)C3)c2=O)CC(C)(C)C1. The van der Waals surface area contributed by atoms with Crippen LogP contribution in [0, 0.1) is 32.5 Å². The van der Waals surface area contributed by atoms with Crippen molar-refractivity contribution < 1.29 is 38.1 Å². The third kappa shape index (κ3) is 13.8. The molecule has 14 heteroatoms. The molecule has 3 fully saturated rings. The molecule has 14 nitrogen and oxygen atoms in total. The first-order chi connectivity index (χ1) is 29.1. The van der Waals surface area contributed by atoms with Crippen molar-refractivity contribution in [3.8, 4) is 0 Å². The zero-order chi connectivity index (χ0) is 47.3. The molecule has 0 aliphatic heterocycles. The summed E-state index contributed by atoms with van der Waals surface area (Å²) in [6, 6.07) is -1.66. The second-order valence-corrected chi connectivity index (χ2v) is 22.8. The molecule has 0 bridgehead atoms. The minimum Gasteiger partial charge on any atom is -0.466 e. The molecule has 3 aliphatic rings. The van der Waals surface area contributed by atoms with Gasteiger partial charge in [-0.05, 0) is 130 Å². The van der Waals surface area contributed by atoms with Crippen molar-refractivity contribution in [2.24, 2.45) is 32.5 Å². The highest BCUT2D eigenvalue weighted by Crippen LogP contribution is 2.55. The van der Waals surface area contributed by atoms with Crippen LogP contribution in [0.4, 0.5) is 0 Å². The Labute approximate surface area is 374 Å². The Morgan fingerprint density at radius 3 is 1.08 bits per heavy atom. The Bertz CT molecular complexity index is 1940. The minimum absolute atomic E-state index is 0.0832. The molecule has 0 radical (unpaired) electrons. The van der Waals surface area contributed by atoms with Gasteiger partial charge in [-0.15, -0.1) is 0 Å². The minimum atomic E-state index is -0.620. The Morgan fingerprint density at radius 1 is 0.508 bits per heavy atom. The summed E-state index contributed by atoms with van der Waals surface area (Å²) in [6.45, 7) is 28.1. The molecule has 6 atom stereocenters. The fourth-order valence-corrected chi connectivity index (χ4v) is 12.5. The lowest BCUT2D eigenvalue weighted by Gasteiger charge is -2.49. The summed E-state index contributed by atoms with van der Waals surface area (Å²) < 4.78 is 25.1. The van der Waals surface area contributed by atoms with Gasteiger partial charge in [0.15, 0.2) is 0 Å². The van der Waals surface area contributed by atoms with Crippen LogP contribution in [0.15, 0.2) is 26.5 Å². The van der Waals surface area contributed by atoms with Gasteiger partial charge < -0.3 is 18.9 Å². The number of ether oxygens (including phenoxy) is 4. The van der Waals surface area contributed by atoms with Crippen molar-refractivity contribution in [1.82, 2.24) is 13.7 Å². The van der Waals surface area contributed by atoms with Crippen molar-refractivity contribution in [2.75, 3.05) is 26.4 Å². The molecule has 3 saturated carbocycles. The van der Waals surface area contributed by atoms with Gasteiger partial charge >= 0.3 is 40.9 Å². The molecule has 0 aromatic carbocycles. The maximum absolute atomic E-state index is 15.3. The Hall–Kier alpha value is -3.97. The largest absolute Gasteiger partial charge is 0.466 e. The molecule has 0 N–H and O–H groups in total. The quantitative estimate of drug-likeness (QED) is 0.0599. The first-order valence-corrected chi connectivity index (χ1v) is 23.3. The van der Waals surface area contributed by atoms with E-state index in [0.717, 1.165) is 19.3 Å². The second kappa shape index (κ2) is 20.0. The Balaban J connectivity index is 1.82. The van der Waals surface area contributed by atoms with Gasteiger partial charge in [0.2, 0.25) is 0 Å². The van der Waals surface area contributed by atoms with E-state index < -0.39 is 63.4 Å². The predicted molar refractivity (Wildman–Crippen MR) is 241 cm³/mol. The zero-order valence-corrected chi connectivity index (χ0v) is 40.7. The van der Waals surface area contributed by atoms with E-state index in [1.165, 1.54) is 20.6 Å². The highest BCUT2D eigenvalue weighted by atomic mass is 16.6. The van der Waals surface area contributed by atoms with Gasteiger partial charge in [0, 0.05) is 43.0 Å². The van der Waals surface area contributed by atoms with Crippen molar-refractivity contribution in [3.63, 3.8) is 0 Å². The fraction of sp³-hybridized carbons (Fsp3) is 0.816. The smallest absolute Gasteiger partial charge is 0.336 e. The number of rotatable bonds is 18. The van der Waals surface area contributed by atoms with Crippen molar-refractivity contribution in [1.29, 1.82) is 0 Å². The van der Waals surface area contributed by atoms with E-state index in [9.17, 15) is 19.2 Å². The summed E-state index contributed by atoms with van der Waals surface area (Å²) in [7, 11) is 0. The van der Waals surface area contributed by atoms with Crippen LogP contribution in [-0.4, -0.2) is 64.0 Å². The van der Waals surface area contributed by atoms with Crippen LogP contribution in [0.1, 0.15) is 198 Å². The molecule has 0 saturated heterocycles. The summed E-state index contributed by atoms with van der Waals surface area (Å²) in [6.07, 6.45) is 7.27. The number of hydrogen-bond donors (Lipinski definition) is 0. The Kier molecular flexibility index (Phi) is 16.4. The zero-order valence-electron chi connectivity index (χ0n) is 40.7. The molecule has 4 rings (SSSR count). The van der Waals surface area contributed by atoms with Crippen LogP contribution < -0.4 is 17.1 Å². The van der Waals surface area contributed by atoms with Crippen molar-refractivity contribution >= 4 is 23.9 Å². The molecule has 0 spiro atoms. The van der Waals surface area contributed by atoms with E-state index in [0.29, 0.717) is 57.8 Å². The van der Waals surface area contributed by atoms with Gasteiger partial charge in [-0.25, -0.2) is 32.9 Å². The second-order valence-electron chi connectivity index (χ2n) is 22.8. The van der Waals surface area contributed by atoms with Crippen LogP contribution in [-0.2, 0) is 38.1 Å². The predicted octanol–water partition coefficient (Wildman–Crippen LogP) is 8.57. The summed E-state index contributed by atoms with van der Waals surface area (Å²) in [4.78, 5) is 95.8. The van der Waals surface area contributed by atoms with E-state index in [-0.39, 0.29) is 79.4 Å². The number of carbonyl (C=O) groups excluding carboxylic acids is 4. The number of esters is 4. The summed E-state index contributed by atoms with van der Waals surface area (Å²) >= 11 is 0. The highest BCUT2D eigenvalue weighted by molar-refractivity contribution is 5.86. The molecule has 1 aromatic rings. The Morgan fingerprint density at radius 2 is 0.794 bits per heavy atom. The topological polar surface area (TPSA) is 171 Å². The molecular formula is C49H79N3O11. The average Bonchev–Trinajstić information content (AvgIpc) is 3.12. The molecular weight excluding hydrogens is 807 g/mol. The van der Waals surface area contributed by atoms with Gasteiger partial charge in [0.05, 0.1) is 13.2 Å². The van der Waals surface area contributed by atoms with E-state index in [1.807, 2.05) is 0 Å². The van der Waals surface area contributed by atoms with Crippen LogP contribution in [0.3, 0.4) is 0 Å². The molecule has 356 valence electrons. The number of hydrogen-bond acceptors (Lipinski definition) is 11. The maximum Gasteiger partial charge on any atom is 0.336 e. The third-order valence-corrected chi connectivity index (χ3v) is 13.9. The highest BCUT2D eigenvalue weighted by Gasteiger charge is 2.48. The molecule has 3 aliphatic carbocycles. The molecule has 1 heterocycles. The normalized spacial score (nSPS) is 28.7. The van der Waals surface area contributed by atoms with Crippen molar-refractivity contribution in [2.45, 2.75) is 198 Å². The van der Waals surface area contributed by atoms with Crippen LogP contribution in [0.25, 0.3) is 0 Å². The number of nitrogens with zero attached hydrogens (tertiary/aromatic N) is 3. The van der Waals surface area contributed by atoms with Gasteiger partial charge in [-0.2, -0.15) is 0 Å². The summed E-state index contributed by atoms with van der Waals surface area (Å²) in [5, 5.41) is 0. The van der Waals surface area contributed by atoms with Crippen LogP contribution in [0.5, 0.6) is 0 Å². The lowest BCUT2D eigenvalue weighted by molar-refractivity contribution is -0.150. The lowest BCUT2D eigenvalue weighted by Crippen LogP contribution is -2.60. The fourth-order valence-electron chi connectivity index (χ4n) is 12.5. The van der Waals surface area contributed by atoms with E-state index >= 15 is 14.4 Å². The summed E-state index contributed by atoms with van der Waals surface area (Å²) in [5.74, 6) is -1.55. The summed E-state index contributed by atoms with van der Waals surface area (Å²) in [5.41, 5.74) is -3.81. The van der Waals surface area contributed by atoms with Gasteiger partial charge in [0.25, 0.3) is 0 Å². The van der Waals surface area contributed by atoms with E-state index in [1.54, 1.807) is 13.8 Å². The lowest BCUT2D eigenvalue weighted by atomic mass is 9.61. The first-order valence-electron chi connectivity index (χ1n) is 23.3. The van der Waals surface area contributed by atoms with Crippen molar-refractivity contribution in [3.05, 3.63) is 43.6 Å². The van der Waals surface area contributed by atoms with E-state index in [4.69, 9.17) is 18.9 Å². The van der Waals surface area contributed by atoms with E-state index in [2.05, 4.69) is 68.9 Å². The standard InChI is InChI=1S/C49H79N3O11/c1-14-60-37(53)16-19-47(11)27-34(24-44(5,6)30-47)50-41(57)51(35-25-45(7,8)31-48(12,28-35)20-17-38(54)61-15-2)43(59)52(42(50)58)36-26-46(9,10)32-49(13,29-36)21-18-39(55)62-22-23-63-40(56)33(3)4/h34-36H,3,14-32H2,1-2,4-13H3. The molecule has 6 unspecified atom stereocenters. The molecule has 0 amide bonds. The molecule has 63 heavy (non-hydrogen) atoms. The maximum atomic E-state index is 15.3. The number of carbonyl (C=O) groups is 4. The van der Waals surface area contributed by atoms with Gasteiger partial charge in [-0.1, -0.05) is 68.9 Å². The van der Waals surface area contributed by atoms with Gasteiger partial charge in [0.1, 0.15) is 13.2 Å². The molecule has 1 aromatic heterocycles. The third-order valence-electron chi connectivity index (χ3n) is 13.9. The van der Waals surface area contributed by atoms with Gasteiger partial charge in [-0.3, -0.25) is 14.4 Å².